The number of aliphatic hydroxyl groups is 1. The minimum Gasteiger partial charge on any atom is -0.491 e. The Kier molecular flexibility index (Phi) is 5.98. The quantitative estimate of drug-likeness (QED) is 0.711. The summed E-state index contributed by atoms with van der Waals surface area (Å²) >= 11 is 9.70. The molecule has 1 N–H and O–H groups in total. The van der Waals surface area contributed by atoms with Gasteiger partial charge in [0.25, 0.3) is 5.56 Å². The smallest absolute Gasteiger partial charge is 0.282 e. The lowest BCUT2D eigenvalue weighted by Gasteiger charge is -2.13. The Bertz CT molecular complexity index is 673. The van der Waals surface area contributed by atoms with Gasteiger partial charge in [-0.15, -0.1) is 0 Å². The standard InChI is InChI=1S/C13H11Br3N2O3/c14-8-1-3-10(4-2-8)21-7-9(19)6-18-13(20)12(16)11(15)5-17-18/h1-5,9,19H,6-7H2/t9-/m0/s1. The van der Waals surface area contributed by atoms with Gasteiger partial charge in [0.15, 0.2) is 0 Å². The number of rotatable bonds is 5. The molecular weight excluding hydrogens is 472 g/mol. The van der Waals surface area contributed by atoms with Crippen LogP contribution in [0.1, 0.15) is 0 Å². The van der Waals surface area contributed by atoms with Gasteiger partial charge < -0.3 is 9.84 Å². The lowest BCUT2D eigenvalue weighted by molar-refractivity contribution is 0.0878. The Hall–Kier alpha value is -0.700. The summed E-state index contributed by atoms with van der Waals surface area (Å²) in [7, 11) is 0. The van der Waals surface area contributed by atoms with E-state index in [0.717, 1.165) is 4.47 Å². The molecule has 5 nitrogen and oxygen atoms in total. The first-order valence-corrected chi connectivity index (χ1v) is 8.33. The van der Waals surface area contributed by atoms with Crippen molar-refractivity contribution in [3.8, 4) is 5.75 Å². The fraction of sp³-hybridized carbons (Fsp3) is 0.231. The molecule has 0 amide bonds. The fourth-order valence-corrected chi connectivity index (χ4v) is 2.38. The van der Waals surface area contributed by atoms with Crippen LogP contribution in [0.25, 0.3) is 0 Å². The second-order valence-corrected chi connectivity index (χ2v) is 6.78. The number of hydrogen-bond donors (Lipinski definition) is 1. The minimum atomic E-state index is -0.841. The van der Waals surface area contributed by atoms with Crippen LogP contribution in [0.3, 0.4) is 0 Å². The molecule has 112 valence electrons. The van der Waals surface area contributed by atoms with Crippen LogP contribution in [-0.4, -0.2) is 27.6 Å². The lowest BCUT2D eigenvalue weighted by Crippen LogP contribution is -2.32. The maximum absolute atomic E-state index is 11.9. The molecule has 0 saturated heterocycles. The molecule has 1 aromatic heterocycles. The first-order chi connectivity index (χ1) is 9.97. The molecule has 0 aliphatic heterocycles. The Labute approximate surface area is 146 Å². The van der Waals surface area contributed by atoms with Gasteiger partial charge >= 0.3 is 0 Å². The van der Waals surface area contributed by atoms with E-state index in [9.17, 15) is 9.90 Å². The van der Waals surface area contributed by atoms with E-state index in [2.05, 4.69) is 52.9 Å². The van der Waals surface area contributed by atoms with Crippen LogP contribution in [0, 0.1) is 0 Å². The minimum absolute atomic E-state index is 0.0568. The number of nitrogens with zero attached hydrogens (tertiary/aromatic N) is 2. The van der Waals surface area contributed by atoms with Crippen LogP contribution >= 0.6 is 47.8 Å². The van der Waals surface area contributed by atoms with Crippen molar-refractivity contribution < 1.29 is 9.84 Å². The zero-order chi connectivity index (χ0) is 15.4. The van der Waals surface area contributed by atoms with Crippen molar-refractivity contribution in [1.82, 2.24) is 9.78 Å². The maximum Gasteiger partial charge on any atom is 0.282 e. The highest BCUT2D eigenvalue weighted by Crippen LogP contribution is 2.17. The second kappa shape index (κ2) is 7.53. The average molecular weight is 483 g/mol. The molecule has 0 bridgehead atoms. The summed E-state index contributed by atoms with van der Waals surface area (Å²) in [6.07, 6.45) is 0.653. The Morgan fingerprint density at radius 2 is 1.90 bits per heavy atom. The highest BCUT2D eigenvalue weighted by Gasteiger charge is 2.12. The van der Waals surface area contributed by atoms with Gasteiger partial charge in [0.1, 0.15) is 22.9 Å². The van der Waals surface area contributed by atoms with E-state index in [4.69, 9.17) is 4.74 Å². The van der Waals surface area contributed by atoms with Crippen molar-refractivity contribution in [2.75, 3.05) is 6.61 Å². The molecule has 2 aromatic rings. The number of ether oxygens (including phenoxy) is 1. The fourth-order valence-electron chi connectivity index (χ4n) is 1.55. The normalized spacial score (nSPS) is 12.2. The summed E-state index contributed by atoms with van der Waals surface area (Å²) < 4.78 is 8.54. The molecule has 1 aromatic carbocycles. The predicted octanol–water partition coefficient (Wildman–Crippen LogP) is 2.97. The Morgan fingerprint density at radius 3 is 2.57 bits per heavy atom. The van der Waals surface area contributed by atoms with E-state index < -0.39 is 6.10 Å². The number of hydrogen-bond acceptors (Lipinski definition) is 4. The Morgan fingerprint density at radius 1 is 1.24 bits per heavy atom. The van der Waals surface area contributed by atoms with Crippen LogP contribution < -0.4 is 10.3 Å². The topological polar surface area (TPSA) is 64.4 Å². The van der Waals surface area contributed by atoms with E-state index in [0.29, 0.717) is 14.7 Å². The van der Waals surface area contributed by atoms with Crippen LogP contribution in [0.2, 0.25) is 0 Å². The van der Waals surface area contributed by atoms with Crippen molar-refractivity contribution in [2.45, 2.75) is 12.6 Å². The summed E-state index contributed by atoms with van der Waals surface area (Å²) in [5, 5.41) is 13.9. The third-order valence-corrected chi connectivity index (χ3v) is 5.01. The van der Waals surface area contributed by atoms with Crippen LogP contribution in [0.5, 0.6) is 5.75 Å². The third-order valence-electron chi connectivity index (χ3n) is 2.58. The number of halogens is 3. The predicted molar refractivity (Wildman–Crippen MR) is 89.5 cm³/mol. The van der Waals surface area contributed by atoms with Crippen molar-refractivity contribution in [3.63, 3.8) is 0 Å². The van der Waals surface area contributed by atoms with Gasteiger partial charge in [-0.3, -0.25) is 4.79 Å². The monoisotopic (exact) mass is 480 g/mol. The molecule has 2 rings (SSSR count). The summed E-state index contributed by atoms with van der Waals surface area (Å²) in [6, 6.07) is 7.27. The number of aliphatic hydroxyl groups excluding tert-OH is 1. The van der Waals surface area contributed by atoms with Crippen LogP contribution in [0.15, 0.2) is 48.7 Å². The van der Waals surface area contributed by atoms with E-state index in [-0.39, 0.29) is 18.7 Å². The van der Waals surface area contributed by atoms with Gasteiger partial charge in [0, 0.05) is 4.47 Å². The lowest BCUT2D eigenvalue weighted by atomic mass is 10.3. The molecule has 1 atom stereocenters. The van der Waals surface area contributed by atoms with Gasteiger partial charge in [-0.2, -0.15) is 5.10 Å². The van der Waals surface area contributed by atoms with Crippen molar-refractivity contribution in [1.29, 1.82) is 0 Å². The van der Waals surface area contributed by atoms with Gasteiger partial charge in [-0.25, -0.2) is 4.68 Å². The van der Waals surface area contributed by atoms with Crippen LogP contribution in [-0.2, 0) is 6.54 Å². The second-order valence-electron chi connectivity index (χ2n) is 4.21. The van der Waals surface area contributed by atoms with Crippen molar-refractivity contribution in [2.24, 2.45) is 0 Å². The third kappa shape index (κ3) is 4.64. The molecule has 0 aliphatic rings. The molecular formula is C13H11Br3N2O3. The largest absolute Gasteiger partial charge is 0.491 e. The Balaban J connectivity index is 1.96. The zero-order valence-electron chi connectivity index (χ0n) is 10.7. The van der Waals surface area contributed by atoms with Crippen molar-refractivity contribution in [3.05, 3.63) is 54.2 Å². The molecule has 8 heteroatoms. The number of aromatic nitrogens is 2. The van der Waals surface area contributed by atoms with Gasteiger partial charge in [-0.05, 0) is 56.1 Å². The molecule has 0 saturated carbocycles. The van der Waals surface area contributed by atoms with Gasteiger partial charge in [0.05, 0.1) is 17.2 Å². The first-order valence-electron chi connectivity index (χ1n) is 5.95. The zero-order valence-corrected chi connectivity index (χ0v) is 15.4. The first kappa shape index (κ1) is 16.7. The molecule has 0 fully saturated rings. The number of benzene rings is 1. The van der Waals surface area contributed by atoms with Gasteiger partial charge in [0.2, 0.25) is 0 Å². The maximum atomic E-state index is 11.9. The van der Waals surface area contributed by atoms with Gasteiger partial charge in [-0.1, -0.05) is 15.9 Å². The highest BCUT2D eigenvalue weighted by atomic mass is 79.9. The van der Waals surface area contributed by atoms with E-state index in [1.807, 2.05) is 12.1 Å². The summed E-state index contributed by atoms with van der Waals surface area (Å²) in [6.45, 7) is 0.130. The van der Waals surface area contributed by atoms with E-state index >= 15 is 0 Å². The van der Waals surface area contributed by atoms with E-state index in [1.54, 1.807) is 12.1 Å². The molecule has 0 spiro atoms. The summed E-state index contributed by atoms with van der Waals surface area (Å²) in [5.41, 5.74) is -0.313. The average Bonchev–Trinajstić information content (AvgIpc) is 2.47. The molecule has 21 heavy (non-hydrogen) atoms. The summed E-state index contributed by atoms with van der Waals surface area (Å²) in [4.78, 5) is 11.9. The van der Waals surface area contributed by atoms with E-state index in [1.165, 1.54) is 10.9 Å². The summed E-state index contributed by atoms with van der Waals surface area (Å²) in [5.74, 6) is 0.648. The molecule has 0 aliphatic carbocycles. The molecule has 0 unspecified atom stereocenters. The molecule has 0 radical (unpaired) electrons. The SMILES string of the molecule is O=c1c(Br)c(Br)cnn1C[C@H](O)COc1ccc(Br)cc1. The molecule has 1 heterocycles. The highest BCUT2D eigenvalue weighted by molar-refractivity contribution is 9.13. The van der Waals surface area contributed by atoms with Crippen molar-refractivity contribution >= 4 is 47.8 Å². The van der Waals surface area contributed by atoms with Crippen LogP contribution in [0.4, 0.5) is 0 Å².